The molecule has 49 heavy (non-hydrogen) atoms. The maximum Gasteiger partial charge on any atom is 0.271 e. The van der Waals surface area contributed by atoms with Crippen LogP contribution in [0, 0.1) is 5.92 Å². The SMILES string of the molecule is C[C@H]1[C@@H](CSc2nccn2C)O[C@@H](c2ccc(-c3cccc(CNC(=O)c4cnc5ccccc5n4)c3)cc2)O[C@H]1c1ccc(CO)cc1. The number of imidazole rings is 1. The van der Waals surface area contributed by atoms with E-state index in [2.05, 4.69) is 63.6 Å². The standard InChI is InChI=1S/C39H37N5O4S/c1-25-35(24-49-39-40-18-19-44(39)2)47-38(48-36(25)29-12-10-26(23-45)11-13-29)30-16-14-28(15-17-30)31-7-5-6-27(20-31)21-42-37(46)34-22-41-32-8-3-4-9-33(32)43-34/h3-20,22,25,35-36,38,45H,21,23-24H2,1-2H3,(H,42,46)/t25-,35+,36+,38+/m0/s1. The molecule has 0 saturated carbocycles. The lowest BCUT2D eigenvalue weighted by Crippen LogP contribution is -2.38. The molecule has 1 fully saturated rings. The van der Waals surface area contributed by atoms with Crippen LogP contribution in [0.15, 0.2) is 121 Å². The summed E-state index contributed by atoms with van der Waals surface area (Å²) in [6.45, 7) is 2.53. The number of aromatic nitrogens is 4. The first-order chi connectivity index (χ1) is 23.9. The smallest absolute Gasteiger partial charge is 0.271 e. The molecule has 1 aliphatic rings. The van der Waals surface area contributed by atoms with Gasteiger partial charge in [-0.3, -0.25) is 9.78 Å². The Kier molecular flexibility index (Phi) is 9.81. The average molecular weight is 672 g/mol. The highest BCUT2D eigenvalue weighted by atomic mass is 32.2. The fourth-order valence-corrected chi connectivity index (χ4v) is 7.09. The highest BCUT2D eigenvalue weighted by molar-refractivity contribution is 7.99. The topological polar surface area (TPSA) is 111 Å². The number of benzene rings is 4. The first kappa shape index (κ1) is 32.7. The summed E-state index contributed by atoms with van der Waals surface area (Å²) >= 11 is 1.68. The van der Waals surface area contributed by atoms with Crippen molar-refractivity contribution < 1.29 is 19.4 Å². The van der Waals surface area contributed by atoms with Crippen LogP contribution in [-0.4, -0.2) is 42.4 Å². The zero-order valence-corrected chi connectivity index (χ0v) is 28.1. The summed E-state index contributed by atoms with van der Waals surface area (Å²) in [5.41, 5.74) is 7.62. The van der Waals surface area contributed by atoms with E-state index in [4.69, 9.17) is 9.47 Å². The molecule has 4 atom stereocenters. The molecule has 0 aliphatic carbocycles. The molecule has 3 heterocycles. The first-order valence-electron chi connectivity index (χ1n) is 16.2. The van der Waals surface area contributed by atoms with Crippen molar-refractivity contribution in [3.8, 4) is 11.1 Å². The molecule has 2 aromatic heterocycles. The van der Waals surface area contributed by atoms with Crippen molar-refractivity contribution in [2.24, 2.45) is 13.0 Å². The van der Waals surface area contributed by atoms with Gasteiger partial charge in [0, 0.05) is 43.2 Å². The lowest BCUT2D eigenvalue weighted by atomic mass is 9.91. The lowest BCUT2D eigenvalue weighted by molar-refractivity contribution is -0.268. The zero-order valence-electron chi connectivity index (χ0n) is 27.3. The lowest BCUT2D eigenvalue weighted by Gasteiger charge is -2.41. The Morgan fingerprint density at radius 3 is 2.41 bits per heavy atom. The van der Waals surface area contributed by atoms with E-state index in [1.54, 1.807) is 18.0 Å². The molecule has 1 saturated heterocycles. The minimum Gasteiger partial charge on any atom is -0.392 e. The van der Waals surface area contributed by atoms with Gasteiger partial charge in [-0.05, 0) is 46.0 Å². The summed E-state index contributed by atoms with van der Waals surface area (Å²) in [6, 6.07) is 31.8. The van der Waals surface area contributed by atoms with Gasteiger partial charge in [0.15, 0.2) is 11.4 Å². The number of hydrogen-bond donors (Lipinski definition) is 2. The quantitative estimate of drug-likeness (QED) is 0.149. The molecule has 2 N–H and O–H groups in total. The number of nitrogens with zero attached hydrogens (tertiary/aromatic N) is 4. The summed E-state index contributed by atoms with van der Waals surface area (Å²) in [4.78, 5) is 26.1. The number of hydrogen-bond acceptors (Lipinski definition) is 8. The van der Waals surface area contributed by atoms with Crippen molar-refractivity contribution in [2.45, 2.75) is 43.7 Å². The molecule has 9 nitrogen and oxygen atoms in total. The minimum atomic E-state index is -0.556. The van der Waals surface area contributed by atoms with E-state index in [0.29, 0.717) is 12.1 Å². The maximum absolute atomic E-state index is 12.9. The number of nitrogens with one attached hydrogen (secondary N) is 1. The fraction of sp³-hybridized carbons (Fsp3) is 0.231. The van der Waals surface area contributed by atoms with E-state index in [1.165, 1.54) is 6.20 Å². The Morgan fingerprint density at radius 1 is 0.878 bits per heavy atom. The molecule has 0 spiro atoms. The molecule has 10 heteroatoms. The summed E-state index contributed by atoms with van der Waals surface area (Å²) in [5.74, 6) is 0.542. The molecule has 4 aromatic carbocycles. The number of aliphatic hydroxyl groups is 1. The normalized spacial score (nSPS) is 19.2. The number of para-hydroxylation sites is 2. The van der Waals surface area contributed by atoms with Gasteiger partial charge in [0.1, 0.15) is 5.69 Å². The van der Waals surface area contributed by atoms with Crippen LogP contribution >= 0.6 is 11.8 Å². The van der Waals surface area contributed by atoms with Crippen LogP contribution in [-0.2, 0) is 29.7 Å². The Labute approximate surface area is 289 Å². The Hall–Kier alpha value is -4.87. The molecule has 1 amide bonds. The van der Waals surface area contributed by atoms with Gasteiger partial charge in [0.2, 0.25) is 0 Å². The van der Waals surface area contributed by atoms with E-state index in [-0.39, 0.29) is 36.3 Å². The monoisotopic (exact) mass is 671 g/mol. The van der Waals surface area contributed by atoms with Crippen LogP contribution in [0.2, 0.25) is 0 Å². The summed E-state index contributed by atoms with van der Waals surface area (Å²) in [5, 5.41) is 13.5. The van der Waals surface area contributed by atoms with E-state index in [0.717, 1.165) is 49.8 Å². The predicted molar refractivity (Wildman–Crippen MR) is 189 cm³/mol. The van der Waals surface area contributed by atoms with E-state index >= 15 is 0 Å². The molecule has 0 bridgehead atoms. The van der Waals surface area contributed by atoms with Gasteiger partial charge >= 0.3 is 0 Å². The number of carbonyl (C=O) groups excluding carboxylic acids is 1. The molecular formula is C39H37N5O4S. The number of carbonyl (C=O) groups is 1. The van der Waals surface area contributed by atoms with E-state index in [9.17, 15) is 9.90 Å². The van der Waals surface area contributed by atoms with Crippen molar-refractivity contribution in [1.82, 2.24) is 24.8 Å². The summed E-state index contributed by atoms with van der Waals surface area (Å²) < 4.78 is 15.3. The molecule has 6 aromatic rings. The van der Waals surface area contributed by atoms with Gasteiger partial charge in [0.25, 0.3) is 5.91 Å². The molecule has 248 valence electrons. The number of aliphatic hydroxyl groups excluding tert-OH is 1. The number of amides is 1. The molecule has 0 unspecified atom stereocenters. The van der Waals surface area contributed by atoms with Crippen LogP contribution in [0.5, 0.6) is 0 Å². The van der Waals surface area contributed by atoms with Gasteiger partial charge in [-0.25, -0.2) is 9.97 Å². The summed E-state index contributed by atoms with van der Waals surface area (Å²) in [6.07, 6.45) is 4.42. The Balaban J connectivity index is 1.05. The summed E-state index contributed by atoms with van der Waals surface area (Å²) in [7, 11) is 1.99. The second-order valence-corrected chi connectivity index (χ2v) is 13.2. The van der Waals surface area contributed by atoms with Crippen LogP contribution in [0.4, 0.5) is 0 Å². The van der Waals surface area contributed by atoms with Crippen molar-refractivity contribution >= 4 is 28.7 Å². The molecule has 7 rings (SSSR count). The Bertz CT molecular complexity index is 2050. The third-order valence-corrected chi connectivity index (χ3v) is 10.0. The van der Waals surface area contributed by atoms with Crippen LogP contribution in [0.25, 0.3) is 22.2 Å². The van der Waals surface area contributed by atoms with Crippen LogP contribution in [0.3, 0.4) is 0 Å². The number of aryl methyl sites for hydroxylation is 1. The van der Waals surface area contributed by atoms with Crippen molar-refractivity contribution in [2.75, 3.05) is 5.75 Å². The third-order valence-electron chi connectivity index (χ3n) is 8.85. The highest BCUT2D eigenvalue weighted by Crippen LogP contribution is 2.43. The second kappa shape index (κ2) is 14.7. The van der Waals surface area contributed by atoms with Crippen molar-refractivity contribution in [1.29, 1.82) is 0 Å². The number of ether oxygens (including phenoxy) is 2. The van der Waals surface area contributed by atoms with Gasteiger partial charge in [-0.2, -0.15) is 0 Å². The molecule has 1 aliphatic heterocycles. The fourth-order valence-electron chi connectivity index (χ4n) is 5.99. The van der Waals surface area contributed by atoms with E-state index < -0.39 is 6.29 Å². The van der Waals surface area contributed by atoms with Crippen LogP contribution < -0.4 is 5.32 Å². The minimum absolute atomic E-state index is 0.000429. The third kappa shape index (κ3) is 7.42. The van der Waals surface area contributed by atoms with Gasteiger partial charge in [-0.15, -0.1) is 0 Å². The van der Waals surface area contributed by atoms with Crippen molar-refractivity contribution in [3.63, 3.8) is 0 Å². The maximum atomic E-state index is 12.9. The first-order valence-corrected chi connectivity index (χ1v) is 17.2. The largest absolute Gasteiger partial charge is 0.392 e. The average Bonchev–Trinajstić information content (AvgIpc) is 3.57. The predicted octanol–water partition coefficient (Wildman–Crippen LogP) is 7.04. The Morgan fingerprint density at radius 2 is 1.65 bits per heavy atom. The number of rotatable bonds is 10. The highest BCUT2D eigenvalue weighted by Gasteiger charge is 2.38. The van der Waals surface area contributed by atoms with Crippen LogP contribution in [0.1, 0.15) is 52.1 Å². The van der Waals surface area contributed by atoms with Gasteiger partial charge < -0.3 is 24.5 Å². The zero-order chi connectivity index (χ0) is 33.7. The number of fused-ring (bicyclic) bond motifs is 1. The van der Waals surface area contributed by atoms with Gasteiger partial charge in [-0.1, -0.05) is 97.5 Å². The van der Waals surface area contributed by atoms with Gasteiger partial charge in [0.05, 0.1) is 36.0 Å². The number of thioether (sulfide) groups is 1. The second-order valence-electron chi connectivity index (χ2n) is 12.2. The van der Waals surface area contributed by atoms with Crippen molar-refractivity contribution in [3.05, 3.63) is 144 Å². The van der Waals surface area contributed by atoms with E-state index in [1.807, 2.05) is 78.5 Å². The molecular weight excluding hydrogens is 635 g/mol. The molecule has 0 radical (unpaired) electrons.